The third kappa shape index (κ3) is 12.1. The molecule has 0 fully saturated rings. The molecular formula is C44H48BF15N4Si2U. The summed E-state index contributed by atoms with van der Waals surface area (Å²) in [6.07, 6.45) is -6.20. The smallest absolute Gasteiger partial charge is 0.668 e. The summed E-state index contributed by atoms with van der Waals surface area (Å²) in [6.45, 7) is 35.8. The van der Waals surface area contributed by atoms with Crippen molar-refractivity contribution in [3.8, 4) is 0 Å². The zero-order valence-corrected chi connectivity index (χ0v) is 45.7. The van der Waals surface area contributed by atoms with Crippen LogP contribution in [0.4, 0.5) is 65.9 Å². The van der Waals surface area contributed by atoms with E-state index in [4.69, 9.17) is 10.2 Å². The van der Waals surface area contributed by atoms with E-state index in [0.29, 0.717) is 0 Å². The Labute approximate surface area is 405 Å². The Morgan fingerprint density at radius 2 is 0.552 bits per heavy atom. The Morgan fingerprint density at radius 1 is 0.388 bits per heavy atom. The fourth-order valence-electron chi connectivity index (χ4n) is 7.47. The molecule has 0 aliphatic rings. The predicted octanol–water partition coefficient (Wildman–Crippen LogP) is 14.0. The molecule has 5 aromatic rings. The molecule has 23 heteroatoms. The van der Waals surface area contributed by atoms with Crippen molar-refractivity contribution >= 4 is 39.1 Å². The largest absolute Gasteiger partial charge is 4.00 e. The van der Waals surface area contributed by atoms with Gasteiger partial charge in [-0.05, 0) is 10.4 Å². The first-order valence-corrected chi connectivity index (χ1v) is 26.7. The Morgan fingerprint density at radius 3 is 0.657 bits per heavy atom. The maximum Gasteiger partial charge on any atom is 4.00 e. The fraction of sp³-hybridized carbons (Fsp3) is 0.364. The first kappa shape index (κ1) is 61.1. The van der Waals surface area contributed by atoms with Crippen LogP contribution in [0, 0.1) is 188 Å². The van der Waals surface area contributed by atoms with Crippen LogP contribution in [0.5, 0.6) is 0 Å². The minimum absolute atomic E-state index is 0. The van der Waals surface area contributed by atoms with Crippen molar-refractivity contribution in [1.29, 1.82) is 0 Å². The van der Waals surface area contributed by atoms with Crippen LogP contribution in [-0.2, 0) is 0 Å². The van der Waals surface area contributed by atoms with E-state index in [1.165, 1.54) is 55.6 Å². The molecule has 5 rings (SSSR count). The minimum atomic E-state index is -6.20. The van der Waals surface area contributed by atoms with Gasteiger partial charge in [-0.1, -0.05) is 125 Å². The van der Waals surface area contributed by atoms with Gasteiger partial charge in [-0.25, -0.2) is 65.9 Å². The molecule has 0 N–H and O–H groups in total. The summed E-state index contributed by atoms with van der Waals surface area (Å²) in [5, 5.41) is 2.20. The number of hydrogen-bond acceptors (Lipinski definition) is 1. The van der Waals surface area contributed by atoms with E-state index in [1.54, 1.807) is 4.91 Å². The van der Waals surface area contributed by atoms with Crippen LogP contribution < -0.4 is 16.4 Å². The van der Waals surface area contributed by atoms with Crippen LogP contribution >= 0.6 is 0 Å². The van der Waals surface area contributed by atoms with Gasteiger partial charge in [-0.15, -0.1) is 16.4 Å². The second-order valence-electron chi connectivity index (χ2n) is 17.7. The fourth-order valence-corrected chi connectivity index (χ4v) is 15.5. The summed E-state index contributed by atoms with van der Waals surface area (Å²) < 4.78 is 218. The van der Waals surface area contributed by atoms with E-state index in [2.05, 4.69) is 114 Å². The Balaban J connectivity index is 0.000000599. The van der Waals surface area contributed by atoms with E-state index in [0.717, 1.165) is 0 Å². The van der Waals surface area contributed by atoms with Crippen LogP contribution in [0.15, 0.2) is 5.03 Å². The van der Waals surface area contributed by atoms with Gasteiger partial charge in [0.1, 0.15) is 34.9 Å². The SMILES string of the molecule is C[Si](C)(C)[N-][Si](C)(C)C.Cc1c(C)c(C)[c-](C)c1C.Cc1c(C)c(C)[c-](C)c1C.[N-]=[N+]=N[B-](c1c(F)c(F)c(F)c(F)c1F)(c1c(F)c(F)c(F)c(F)c1F)c1c(F)c(F)c(F)c(F)c1F.[U+4]. The van der Waals surface area contributed by atoms with Gasteiger partial charge in [-0.3, -0.25) is 5.03 Å². The number of halogens is 15. The van der Waals surface area contributed by atoms with Gasteiger partial charge in [0.2, 0.25) is 0 Å². The van der Waals surface area contributed by atoms with Crippen molar-refractivity contribution < 1.29 is 97.0 Å². The molecule has 5 aromatic carbocycles. The third-order valence-corrected chi connectivity index (χ3v) is 16.9. The summed E-state index contributed by atoms with van der Waals surface area (Å²) in [6, 6.07) is 0. The summed E-state index contributed by atoms with van der Waals surface area (Å²) in [7, 11) is -2.21. The van der Waals surface area contributed by atoms with Gasteiger partial charge in [0.25, 0.3) is 0 Å². The van der Waals surface area contributed by atoms with Gasteiger partial charge in [-0.2, -0.15) is 55.6 Å². The van der Waals surface area contributed by atoms with Crippen LogP contribution in [0.2, 0.25) is 39.3 Å². The third-order valence-electron chi connectivity index (χ3n) is 11.5. The number of nitrogens with zero attached hydrogens (tertiary/aromatic N) is 4. The predicted molar refractivity (Wildman–Crippen MR) is 234 cm³/mol. The molecule has 0 bridgehead atoms. The molecule has 0 aromatic heterocycles. The molecule has 0 saturated carbocycles. The number of rotatable bonds is 6. The van der Waals surface area contributed by atoms with Gasteiger partial charge >= 0.3 is 31.1 Å². The van der Waals surface area contributed by atoms with E-state index >= 15 is 0 Å². The van der Waals surface area contributed by atoms with Crippen LogP contribution in [0.3, 0.4) is 0 Å². The van der Waals surface area contributed by atoms with Crippen LogP contribution in [0.1, 0.15) is 55.6 Å². The first-order valence-electron chi connectivity index (χ1n) is 19.8. The molecule has 0 spiro atoms. The summed E-state index contributed by atoms with van der Waals surface area (Å²) in [4.78, 5) is 1.67. The maximum absolute atomic E-state index is 14.8. The minimum Gasteiger partial charge on any atom is -0.668 e. The molecule has 364 valence electrons. The molecule has 0 saturated heterocycles. The first-order chi connectivity index (χ1) is 29.9. The van der Waals surface area contributed by atoms with Gasteiger partial charge in [0.05, 0.1) is 0 Å². The Hall–Kier alpha value is -3.87. The number of benzene rings is 3. The molecule has 0 unspecified atom stereocenters. The van der Waals surface area contributed by atoms with Crippen molar-refractivity contribution in [3.63, 3.8) is 0 Å². The van der Waals surface area contributed by atoms with E-state index < -0.39 is 126 Å². The average Bonchev–Trinajstić information content (AvgIpc) is 3.50. The zero-order valence-electron chi connectivity index (χ0n) is 39.5. The second-order valence-corrected chi connectivity index (χ2v) is 27.3. The van der Waals surface area contributed by atoms with Crippen molar-refractivity contribution in [2.75, 3.05) is 0 Å². The normalized spacial score (nSPS) is 11.4. The standard InChI is InChI=1S/C18BF15N3.2C10H15.C6H18NSi2.U/c20-4-1(5(21)11(27)16(32)10(4)26)19(36-37-35,2-6(22)12(28)17(33)13(29)7(2)23)3-8(24)14(30)18(34)15(31)9(3)25;2*1-6-7(2)9(4)10(5)8(6)3;1-8(2,3)7-9(4,5)6;/h;2*1-5H3;1-6H3;/q4*-1;+4. The van der Waals surface area contributed by atoms with Crippen molar-refractivity contribution in [2.24, 2.45) is 5.03 Å². The molecule has 0 heterocycles. The van der Waals surface area contributed by atoms with Crippen LogP contribution in [-0.4, -0.2) is 22.8 Å². The average molecular weight is 1220 g/mol. The van der Waals surface area contributed by atoms with Crippen molar-refractivity contribution in [1.82, 2.24) is 0 Å². The zero-order chi connectivity index (χ0) is 51.8. The van der Waals surface area contributed by atoms with Gasteiger partial charge in [0.15, 0.2) is 58.6 Å². The Bertz CT molecular complexity index is 2250. The van der Waals surface area contributed by atoms with E-state index in [9.17, 15) is 65.9 Å². The van der Waals surface area contributed by atoms with Crippen molar-refractivity contribution in [2.45, 2.75) is 109 Å². The van der Waals surface area contributed by atoms with E-state index in [-0.39, 0.29) is 31.1 Å². The number of azide groups is 1. The Kier molecular flexibility index (Phi) is 20.7. The quantitative estimate of drug-likeness (QED) is 0.0238. The van der Waals surface area contributed by atoms with Gasteiger partial charge in [0, 0.05) is 0 Å². The van der Waals surface area contributed by atoms with Gasteiger partial charge < -0.3 is 4.65 Å². The molecule has 0 atom stereocenters. The molecule has 67 heavy (non-hydrogen) atoms. The van der Waals surface area contributed by atoms with Crippen LogP contribution in [0.25, 0.3) is 15.1 Å². The summed E-state index contributed by atoms with van der Waals surface area (Å²) in [5.74, 6) is -47.8. The molecule has 0 aliphatic heterocycles. The van der Waals surface area contributed by atoms with Crippen molar-refractivity contribution in [3.05, 3.63) is 158 Å². The maximum atomic E-state index is 14.8. The monoisotopic (exact) mass is 1220 g/mol. The molecule has 0 aliphatic carbocycles. The molecule has 0 amide bonds. The molecular weight excluding hydrogens is 1170 g/mol. The summed E-state index contributed by atoms with van der Waals surface area (Å²) >= 11 is 0. The number of hydrogen-bond donors (Lipinski definition) is 0. The molecule has 0 radical (unpaired) electrons. The molecule has 4 nitrogen and oxygen atoms in total. The summed E-state index contributed by atoms with van der Waals surface area (Å²) in [5.41, 5.74) is 14.5. The second kappa shape index (κ2) is 22.7. The topological polar surface area (TPSA) is 62.9 Å². The van der Waals surface area contributed by atoms with E-state index in [1.807, 2.05) is 0 Å².